The zero-order chi connectivity index (χ0) is 31.5. The van der Waals surface area contributed by atoms with Gasteiger partial charge in [-0.1, -0.05) is 66.7 Å². The lowest BCUT2D eigenvalue weighted by Gasteiger charge is -2.43. The van der Waals surface area contributed by atoms with Crippen molar-refractivity contribution in [3.63, 3.8) is 0 Å². The van der Waals surface area contributed by atoms with Crippen molar-refractivity contribution < 1.29 is 48.2 Å². The van der Waals surface area contributed by atoms with Gasteiger partial charge < -0.3 is 43.4 Å². The number of hydrogen-bond acceptors (Lipinski definition) is 10. The van der Waals surface area contributed by atoms with Crippen molar-refractivity contribution in [2.24, 2.45) is 0 Å². The largest absolute Gasteiger partial charge is 0.490 e. The summed E-state index contributed by atoms with van der Waals surface area (Å²) in [5, 5.41) is 20.9. The molecule has 0 bridgehead atoms. The Morgan fingerprint density at radius 3 is 1.67 bits per heavy atom. The number of unbranched alkanes of at least 4 members (excludes halogenated alkanes) is 5. The molecule has 1 fully saturated rings. The second kappa shape index (κ2) is 21.6. The van der Waals surface area contributed by atoms with Crippen LogP contribution in [-0.2, 0) is 18.9 Å². The van der Waals surface area contributed by atoms with E-state index >= 15 is 0 Å². The first-order chi connectivity index (χ1) is 20.9. The Morgan fingerprint density at radius 2 is 1.19 bits per heavy atom. The average Bonchev–Trinajstić information content (AvgIpc) is 3.00. The normalized spacial score (nSPS) is 21.9. The van der Waals surface area contributed by atoms with Gasteiger partial charge in [0.15, 0.2) is 11.5 Å². The molecule has 2 unspecified atom stereocenters. The maximum atomic E-state index is 13.7. The second-order valence-corrected chi connectivity index (χ2v) is 10.9. The van der Waals surface area contributed by atoms with Crippen molar-refractivity contribution >= 4 is 5.97 Å². The lowest BCUT2D eigenvalue weighted by molar-refractivity contribution is -0.302. The molecule has 0 aliphatic carbocycles. The summed E-state index contributed by atoms with van der Waals surface area (Å²) in [5.74, 6) is 0.612. The first-order valence-electron chi connectivity index (χ1n) is 16.4. The molecule has 1 aliphatic heterocycles. The summed E-state index contributed by atoms with van der Waals surface area (Å²) in [6.45, 7) is 12.0. The molecule has 2 N–H and O–H groups in total. The van der Waals surface area contributed by atoms with Crippen molar-refractivity contribution in [1.29, 1.82) is 0 Å². The molecule has 1 saturated heterocycles. The van der Waals surface area contributed by atoms with Crippen LogP contribution in [0.5, 0.6) is 17.2 Å². The highest BCUT2D eigenvalue weighted by Crippen LogP contribution is 2.40. The van der Waals surface area contributed by atoms with Crippen LogP contribution in [0.2, 0.25) is 0 Å². The molecule has 10 nitrogen and oxygen atoms in total. The van der Waals surface area contributed by atoms with Gasteiger partial charge in [-0.25, -0.2) is 4.79 Å². The topological polar surface area (TPSA) is 122 Å². The zero-order valence-corrected chi connectivity index (χ0v) is 27.0. The minimum Gasteiger partial charge on any atom is -0.490 e. The molecular formula is C33H56O10. The summed E-state index contributed by atoms with van der Waals surface area (Å²) in [6, 6.07) is 3.21. The van der Waals surface area contributed by atoms with E-state index in [9.17, 15) is 15.0 Å². The number of aliphatic hydroxyl groups is 2. The second-order valence-electron chi connectivity index (χ2n) is 10.9. The third-order valence-electron chi connectivity index (χ3n) is 7.15. The lowest BCUT2D eigenvalue weighted by Crippen LogP contribution is -2.61. The smallest absolute Gasteiger partial charge is 0.340 e. The first-order valence-corrected chi connectivity index (χ1v) is 16.4. The van der Waals surface area contributed by atoms with Crippen LogP contribution in [0.3, 0.4) is 0 Å². The van der Waals surface area contributed by atoms with E-state index in [1.165, 1.54) is 0 Å². The van der Waals surface area contributed by atoms with Gasteiger partial charge in [-0.15, -0.1) is 0 Å². The lowest BCUT2D eigenvalue weighted by atomic mass is 9.98. The minimum absolute atomic E-state index is 0.201. The number of esters is 1. The number of rotatable bonds is 23. The monoisotopic (exact) mass is 612 g/mol. The van der Waals surface area contributed by atoms with Crippen LogP contribution >= 0.6 is 0 Å². The highest BCUT2D eigenvalue weighted by Gasteiger charge is 2.48. The van der Waals surface area contributed by atoms with Crippen molar-refractivity contribution in [2.45, 2.75) is 130 Å². The molecule has 0 saturated carbocycles. The van der Waals surface area contributed by atoms with Crippen LogP contribution in [-0.4, -0.2) is 86.5 Å². The third-order valence-corrected chi connectivity index (χ3v) is 7.15. The molecule has 43 heavy (non-hydrogen) atoms. The van der Waals surface area contributed by atoms with E-state index < -0.39 is 43.3 Å². The van der Waals surface area contributed by atoms with Crippen LogP contribution in [0, 0.1) is 0 Å². The molecule has 0 amide bonds. The van der Waals surface area contributed by atoms with Gasteiger partial charge in [0.1, 0.15) is 24.4 Å². The zero-order valence-electron chi connectivity index (χ0n) is 27.0. The first kappa shape index (κ1) is 37.1. The van der Waals surface area contributed by atoms with Gasteiger partial charge in [-0.2, -0.15) is 0 Å². The van der Waals surface area contributed by atoms with E-state index in [0.717, 1.165) is 64.2 Å². The molecule has 2 rings (SSSR count). The van der Waals surface area contributed by atoms with Crippen LogP contribution in [0.25, 0.3) is 0 Å². The predicted molar refractivity (Wildman–Crippen MR) is 164 cm³/mol. The number of carbonyl (C=O) groups excluding carboxylic acids is 1. The number of carbonyl (C=O) groups is 1. The fourth-order valence-corrected chi connectivity index (χ4v) is 4.43. The number of aliphatic hydroxyl groups excluding tert-OH is 2. The Kier molecular flexibility index (Phi) is 18.6. The summed E-state index contributed by atoms with van der Waals surface area (Å²) in [4.78, 5) is 13.7. The SMILES string of the molecule is CCCCOc1cc(C(=O)O[C@@H]2OC(CO)[C@@H](O)C(OCCCC)[C@@H]2OCCCC)cc(OCCCC)c1OCCCC. The van der Waals surface area contributed by atoms with Crippen molar-refractivity contribution in [3.05, 3.63) is 17.7 Å². The van der Waals surface area contributed by atoms with E-state index in [2.05, 4.69) is 20.8 Å². The van der Waals surface area contributed by atoms with Gasteiger partial charge in [0.05, 0.1) is 32.0 Å². The Hall–Kier alpha value is -2.11. The van der Waals surface area contributed by atoms with Crippen molar-refractivity contribution in [3.8, 4) is 17.2 Å². The highest BCUT2D eigenvalue weighted by atomic mass is 16.7. The third kappa shape index (κ3) is 12.1. The summed E-state index contributed by atoms with van der Waals surface area (Å²) in [6.07, 6.45) is 3.67. The molecule has 10 heteroatoms. The quantitative estimate of drug-likeness (QED) is 0.115. The van der Waals surface area contributed by atoms with Gasteiger partial charge in [-0.3, -0.25) is 0 Å². The highest BCUT2D eigenvalue weighted by molar-refractivity contribution is 5.91. The molecule has 1 aromatic carbocycles. The van der Waals surface area contributed by atoms with E-state index in [1.807, 2.05) is 13.8 Å². The Labute approximate surface area is 258 Å². The maximum absolute atomic E-state index is 13.7. The summed E-state index contributed by atoms with van der Waals surface area (Å²) >= 11 is 0. The molecule has 5 atom stereocenters. The molecule has 248 valence electrons. The van der Waals surface area contributed by atoms with Gasteiger partial charge in [0.2, 0.25) is 12.0 Å². The predicted octanol–water partition coefficient (Wildman–Crippen LogP) is 5.83. The van der Waals surface area contributed by atoms with E-state index in [1.54, 1.807) is 12.1 Å². The minimum atomic E-state index is -1.22. The standard InChI is InChI=1S/C33H56O10/c1-6-11-16-37-25-21-24(22-26(38-17-12-7-2)29(25)39-18-13-8-3)32(36)43-33-31(41-20-15-10-5)30(40-19-14-9-4)28(35)27(23-34)42-33/h21-22,27-28,30-31,33-35H,6-20,23H2,1-5H3/t27?,28-,30?,31+,33+/m1/s1. The van der Waals surface area contributed by atoms with Gasteiger partial charge >= 0.3 is 5.97 Å². The number of hydrogen-bond donors (Lipinski definition) is 2. The van der Waals surface area contributed by atoms with E-state index in [-0.39, 0.29) is 5.56 Å². The molecule has 1 aromatic rings. The van der Waals surface area contributed by atoms with E-state index in [4.69, 9.17) is 33.2 Å². The van der Waals surface area contributed by atoms with Gasteiger partial charge in [0.25, 0.3) is 0 Å². The van der Waals surface area contributed by atoms with Crippen molar-refractivity contribution in [2.75, 3.05) is 39.6 Å². The number of ether oxygens (including phenoxy) is 7. The Bertz CT molecular complexity index is 863. The average molecular weight is 613 g/mol. The van der Waals surface area contributed by atoms with Crippen LogP contribution in [0.4, 0.5) is 0 Å². The number of benzene rings is 1. The fraction of sp³-hybridized carbons (Fsp3) is 0.788. The van der Waals surface area contributed by atoms with Crippen molar-refractivity contribution in [1.82, 2.24) is 0 Å². The molecule has 0 aromatic heterocycles. The Balaban J connectivity index is 2.42. The Morgan fingerprint density at radius 1 is 0.721 bits per heavy atom. The van der Waals surface area contributed by atoms with Crippen LogP contribution in [0.15, 0.2) is 12.1 Å². The van der Waals surface area contributed by atoms with Crippen LogP contribution < -0.4 is 14.2 Å². The van der Waals surface area contributed by atoms with Gasteiger partial charge in [-0.05, 0) is 44.2 Å². The summed E-state index contributed by atoms with van der Waals surface area (Å²) in [5.41, 5.74) is 0.201. The summed E-state index contributed by atoms with van der Waals surface area (Å²) in [7, 11) is 0. The van der Waals surface area contributed by atoms with E-state index in [0.29, 0.717) is 50.3 Å². The molecule has 0 spiro atoms. The van der Waals surface area contributed by atoms with Gasteiger partial charge in [0, 0.05) is 13.2 Å². The molecular weight excluding hydrogens is 556 g/mol. The van der Waals surface area contributed by atoms with Crippen LogP contribution in [0.1, 0.15) is 109 Å². The summed E-state index contributed by atoms with van der Waals surface area (Å²) < 4.78 is 42.2. The maximum Gasteiger partial charge on any atom is 0.340 e. The molecule has 1 aliphatic rings. The molecule has 1 heterocycles. The fourth-order valence-electron chi connectivity index (χ4n) is 4.43. The molecule has 0 radical (unpaired) electrons.